The van der Waals surface area contributed by atoms with Crippen LogP contribution in [0.2, 0.25) is 0 Å². The number of hydrogen-bond acceptors (Lipinski definition) is 2. The first-order chi connectivity index (χ1) is 11.3. The van der Waals surface area contributed by atoms with Gasteiger partial charge in [0.05, 0.1) is 5.69 Å². The number of halogens is 1. The van der Waals surface area contributed by atoms with Gasteiger partial charge in [-0.3, -0.25) is 9.59 Å². The van der Waals surface area contributed by atoms with E-state index in [4.69, 9.17) is 0 Å². The molecule has 0 spiro atoms. The van der Waals surface area contributed by atoms with Crippen LogP contribution < -0.4 is 5.32 Å². The fraction of sp³-hybridized carbons (Fsp3) is 0.263. The summed E-state index contributed by atoms with van der Waals surface area (Å²) in [5.74, 6) is -0.560. The van der Waals surface area contributed by atoms with Crippen molar-refractivity contribution in [2.75, 3.05) is 12.4 Å². The van der Waals surface area contributed by atoms with Crippen molar-refractivity contribution in [1.82, 2.24) is 4.90 Å². The number of carbonyl (C=O) groups excluding carboxylic acids is 2. The highest BCUT2D eigenvalue weighted by Crippen LogP contribution is 2.26. The fourth-order valence-electron chi connectivity index (χ4n) is 2.34. The van der Waals surface area contributed by atoms with E-state index in [1.807, 2.05) is 48.5 Å². The average molecular weight is 389 g/mol. The van der Waals surface area contributed by atoms with E-state index in [0.717, 1.165) is 10.0 Å². The second kappa shape index (κ2) is 7.62. The Hall–Kier alpha value is -2.14. The summed E-state index contributed by atoms with van der Waals surface area (Å²) in [7, 11) is 1.71. The minimum absolute atomic E-state index is 0.226. The zero-order valence-electron chi connectivity index (χ0n) is 14.0. The van der Waals surface area contributed by atoms with Crippen LogP contribution in [0.1, 0.15) is 19.4 Å². The van der Waals surface area contributed by atoms with Crippen molar-refractivity contribution in [3.63, 3.8) is 0 Å². The highest BCUT2D eigenvalue weighted by atomic mass is 79.9. The van der Waals surface area contributed by atoms with E-state index in [1.165, 1.54) is 0 Å². The largest absolute Gasteiger partial charge is 0.341 e. The second-order valence-electron chi connectivity index (χ2n) is 6.21. The molecule has 0 heterocycles. The van der Waals surface area contributed by atoms with Crippen LogP contribution in [0.3, 0.4) is 0 Å². The lowest BCUT2D eigenvalue weighted by atomic mass is 9.90. The molecule has 2 rings (SSSR count). The zero-order chi connectivity index (χ0) is 17.7. The first-order valence-electron chi connectivity index (χ1n) is 7.68. The van der Waals surface area contributed by atoms with Gasteiger partial charge in [0.1, 0.15) is 5.41 Å². The Labute approximate surface area is 151 Å². The first kappa shape index (κ1) is 18.2. The molecular formula is C19H21BrN2O2. The lowest BCUT2D eigenvalue weighted by Crippen LogP contribution is -2.45. The highest BCUT2D eigenvalue weighted by molar-refractivity contribution is 9.10. The van der Waals surface area contributed by atoms with Crippen LogP contribution in [0.15, 0.2) is 59.1 Å². The number of nitrogens with zero attached hydrogens (tertiary/aromatic N) is 1. The van der Waals surface area contributed by atoms with Crippen molar-refractivity contribution in [2.45, 2.75) is 20.4 Å². The first-order valence-corrected chi connectivity index (χ1v) is 8.47. The molecule has 2 amide bonds. The molecule has 0 saturated heterocycles. The van der Waals surface area contributed by atoms with Gasteiger partial charge in [0.15, 0.2) is 0 Å². The van der Waals surface area contributed by atoms with E-state index in [9.17, 15) is 9.59 Å². The molecule has 5 heteroatoms. The molecule has 2 aromatic carbocycles. The van der Waals surface area contributed by atoms with Gasteiger partial charge in [-0.2, -0.15) is 0 Å². The predicted molar refractivity (Wildman–Crippen MR) is 99.5 cm³/mol. The second-order valence-corrected chi connectivity index (χ2v) is 7.06. The Morgan fingerprint density at radius 2 is 1.62 bits per heavy atom. The number of amides is 2. The molecule has 2 aromatic rings. The maximum Gasteiger partial charge on any atom is 0.239 e. The van der Waals surface area contributed by atoms with Gasteiger partial charge in [0.25, 0.3) is 0 Å². The van der Waals surface area contributed by atoms with Crippen LogP contribution in [0, 0.1) is 5.41 Å². The molecule has 1 N–H and O–H groups in total. The normalized spacial score (nSPS) is 11.0. The summed E-state index contributed by atoms with van der Waals surface area (Å²) < 4.78 is 0.777. The number of nitrogens with one attached hydrogen (secondary N) is 1. The Balaban J connectivity index is 2.08. The molecule has 4 nitrogen and oxygen atoms in total. The summed E-state index contributed by atoms with van der Waals surface area (Å²) >= 11 is 3.39. The van der Waals surface area contributed by atoms with Crippen molar-refractivity contribution >= 4 is 33.4 Å². The summed E-state index contributed by atoms with van der Waals surface area (Å²) in [5, 5.41) is 2.82. The lowest BCUT2D eigenvalue weighted by Gasteiger charge is -2.28. The standard InChI is InChI=1S/C19H21BrN2O2/c1-19(2,17(23)21-16-12-8-7-11-15(16)20)18(24)22(3)13-14-9-5-4-6-10-14/h4-12H,13H2,1-3H3,(H,21,23). The van der Waals surface area contributed by atoms with Gasteiger partial charge in [-0.15, -0.1) is 0 Å². The summed E-state index contributed by atoms with van der Waals surface area (Å²) in [5.41, 5.74) is 0.503. The van der Waals surface area contributed by atoms with E-state index in [2.05, 4.69) is 21.2 Å². The third-order valence-electron chi connectivity index (χ3n) is 3.83. The van der Waals surface area contributed by atoms with Gasteiger partial charge in [-0.1, -0.05) is 42.5 Å². The van der Waals surface area contributed by atoms with Gasteiger partial charge < -0.3 is 10.2 Å². The molecule has 0 aliphatic rings. The number of rotatable bonds is 5. The highest BCUT2D eigenvalue weighted by Gasteiger charge is 2.38. The Kier molecular flexibility index (Phi) is 5.78. The molecule has 0 bridgehead atoms. The van der Waals surface area contributed by atoms with Gasteiger partial charge >= 0.3 is 0 Å². The summed E-state index contributed by atoms with van der Waals surface area (Å²) in [4.78, 5) is 26.9. The summed E-state index contributed by atoms with van der Waals surface area (Å²) in [6.07, 6.45) is 0. The maximum atomic E-state index is 12.7. The van der Waals surface area contributed by atoms with E-state index < -0.39 is 5.41 Å². The molecule has 0 radical (unpaired) electrons. The van der Waals surface area contributed by atoms with Gasteiger partial charge in [-0.25, -0.2) is 0 Å². The van der Waals surface area contributed by atoms with E-state index in [1.54, 1.807) is 31.9 Å². The Bertz CT molecular complexity index is 729. The molecule has 0 aliphatic heterocycles. The zero-order valence-corrected chi connectivity index (χ0v) is 15.6. The predicted octanol–water partition coefficient (Wildman–Crippen LogP) is 4.07. The minimum Gasteiger partial charge on any atom is -0.341 e. The quantitative estimate of drug-likeness (QED) is 0.784. The summed E-state index contributed by atoms with van der Waals surface area (Å²) in [6.45, 7) is 3.75. The Morgan fingerprint density at radius 1 is 1.04 bits per heavy atom. The Morgan fingerprint density at radius 3 is 2.25 bits per heavy atom. The van der Waals surface area contributed by atoms with Gasteiger partial charge in [0, 0.05) is 18.1 Å². The topological polar surface area (TPSA) is 49.4 Å². The van der Waals surface area contributed by atoms with Crippen LogP contribution in [0.4, 0.5) is 5.69 Å². The van der Waals surface area contributed by atoms with Crippen LogP contribution in [0.25, 0.3) is 0 Å². The number of carbonyl (C=O) groups is 2. The molecular weight excluding hydrogens is 368 g/mol. The van der Waals surface area contributed by atoms with Crippen molar-refractivity contribution < 1.29 is 9.59 Å². The van der Waals surface area contributed by atoms with Crippen molar-refractivity contribution in [3.05, 3.63) is 64.6 Å². The van der Waals surface area contributed by atoms with Gasteiger partial charge in [0.2, 0.25) is 11.8 Å². The van der Waals surface area contributed by atoms with Crippen LogP contribution >= 0.6 is 15.9 Å². The molecule has 0 fully saturated rings. The number of anilines is 1. The van der Waals surface area contributed by atoms with E-state index in [0.29, 0.717) is 12.2 Å². The van der Waals surface area contributed by atoms with Crippen LogP contribution in [0.5, 0.6) is 0 Å². The average Bonchev–Trinajstić information content (AvgIpc) is 2.57. The molecule has 0 aromatic heterocycles. The molecule has 24 heavy (non-hydrogen) atoms. The van der Waals surface area contributed by atoms with E-state index in [-0.39, 0.29) is 11.8 Å². The van der Waals surface area contributed by atoms with Gasteiger partial charge in [-0.05, 0) is 47.5 Å². The number of para-hydroxylation sites is 1. The van der Waals surface area contributed by atoms with Crippen LogP contribution in [-0.2, 0) is 16.1 Å². The molecule has 0 atom stereocenters. The van der Waals surface area contributed by atoms with E-state index >= 15 is 0 Å². The summed E-state index contributed by atoms with van der Waals surface area (Å²) in [6, 6.07) is 17.0. The fourth-order valence-corrected chi connectivity index (χ4v) is 2.73. The number of hydrogen-bond donors (Lipinski definition) is 1. The SMILES string of the molecule is CN(Cc1ccccc1)C(=O)C(C)(C)C(=O)Nc1ccccc1Br. The monoisotopic (exact) mass is 388 g/mol. The van der Waals surface area contributed by atoms with Crippen molar-refractivity contribution in [3.8, 4) is 0 Å². The van der Waals surface area contributed by atoms with Crippen molar-refractivity contribution in [1.29, 1.82) is 0 Å². The smallest absolute Gasteiger partial charge is 0.239 e. The number of benzene rings is 2. The lowest BCUT2D eigenvalue weighted by molar-refractivity contribution is -0.145. The minimum atomic E-state index is -1.17. The van der Waals surface area contributed by atoms with Crippen molar-refractivity contribution in [2.24, 2.45) is 5.41 Å². The molecule has 0 unspecified atom stereocenters. The maximum absolute atomic E-state index is 12.7. The molecule has 126 valence electrons. The van der Waals surface area contributed by atoms with Crippen LogP contribution in [-0.4, -0.2) is 23.8 Å². The third kappa shape index (κ3) is 4.23. The molecule has 0 saturated carbocycles. The molecule has 0 aliphatic carbocycles. The third-order valence-corrected chi connectivity index (χ3v) is 4.53.